The zero-order valence-corrected chi connectivity index (χ0v) is 10.7. The Labute approximate surface area is 117 Å². The summed E-state index contributed by atoms with van der Waals surface area (Å²) in [5, 5.41) is 9.26. The number of halogens is 4. The number of aromatic nitrogens is 1. The lowest BCUT2D eigenvalue weighted by Gasteiger charge is -2.07. The van der Waals surface area contributed by atoms with Gasteiger partial charge in [0.05, 0.1) is 23.0 Å². The van der Waals surface area contributed by atoms with E-state index >= 15 is 0 Å². The van der Waals surface area contributed by atoms with E-state index in [0.717, 1.165) is 0 Å². The summed E-state index contributed by atoms with van der Waals surface area (Å²) in [5.74, 6) is -0.944. The molecule has 1 aromatic heterocycles. The highest BCUT2D eigenvalue weighted by Crippen LogP contribution is 2.17. The molecule has 0 unspecified atom stereocenters. The molecule has 0 aromatic carbocycles. The van der Waals surface area contributed by atoms with Crippen LogP contribution in [0.5, 0.6) is 0 Å². The molecule has 0 saturated carbocycles. The minimum absolute atomic E-state index is 0.0909. The van der Waals surface area contributed by atoms with E-state index in [1.807, 2.05) is 0 Å². The van der Waals surface area contributed by atoms with Gasteiger partial charge in [-0.3, -0.25) is 15.2 Å². The number of rotatable bonds is 4. The van der Waals surface area contributed by atoms with Crippen molar-refractivity contribution < 1.29 is 18.0 Å². The summed E-state index contributed by atoms with van der Waals surface area (Å²) in [5.41, 5.74) is 3.09. The number of carbonyl (C=O) groups excluding carboxylic acids is 1. The summed E-state index contributed by atoms with van der Waals surface area (Å²) >= 11 is 5.79. The predicted octanol–water partition coefficient (Wildman–Crippen LogP) is 1.78. The minimum atomic E-state index is -4.85. The second kappa shape index (κ2) is 6.38. The van der Waals surface area contributed by atoms with Crippen molar-refractivity contribution in [3.05, 3.63) is 40.8 Å². The summed E-state index contributed by atoms with van der Waals surface area (Å²) in [6, 6.07) is 3.14. The molecule has 0 atom stereocenters. The van der Waals surface area contributed by atoms with Crippen LogP contribution in [0, 0.1) is 5.41 Å². The van der Waals surface area contributed by atoms with Crippen LogP contribution in [0.25, 0.3) is 0 Å². The van der Waals surface area contributed by atoms with Crippen molar-refractivity contribution in [3.63, 3.8) is 0 Å². The van der Waals surface area contributed by atoms with E-state index in [2.05, 4.69) is 10.3 Å². The van der Waals surface area contributed by atoms with Gasteiger partial charge in [-0.25, -0.2) is 0 Å². The van der Waals surface area contributed by atoms with Crippen molar-refractivity contribution in [2.45, 2.75) is 12.7 Å². The van der Waals surface area contributed by atoms with E-state index in [1.165, 1.54) is 6.20 Å². The normalized spacial score (nSPS) is 12.1. The van der Waals surface area contributed by atoms with Crippen LogP contribution in [0.2, 0.25) is 5.02 Å². The van der Waals surface area contributed by atoms with Gasteiger partial charge in [-0.2, -0.15) is 13.2 Å². The van der Waals surface area contributed by atoms with Crippen molar-refractivity contribution >= 4 is 23.2 Å². The number of pyridine rings is 1. The average molecular weight is 307 g/mol. The van der Waals surface area contributed by atoms with E-state index in [4.69, 9.17) is 22.7 Å². The van der Waals surface area contributed by atoms with Gasteiger partial charge in [-0.05, 0) is 18.2 Å². The summed E-state index contributed by atoms with van der Waals surface area (Å²) in [4.78, 5) is 15.3. The number of hydrogen-bond donors (Lipinski definition) is 3. The molecule has 0 aliphatic heterocycles. The first kappa shape index (κ1) is 16.0. The summed E-state index contributed by atoms with van der Waals surface area (Å²) in [6.07, 6.45) is -3.16. The first-order valence-corrected chi connectivity index (χ1v) is 5.60. The first-order chi connectivity index (χ1) is 9.21. The molecule has 0 aliphatic rings. The highest BCUT2D eigenvalue weighted by Gasteiger charge is 2.33. The molecule has 9 heteroatoms. The van der Waals surface area contributed by atoms with Gasteiger partial charge < -0.3 is 11.1 Å². The molecule has 0 spiro atoms. The first-order valence-electron chi connectivity index (χ1n) is 5.22. The minimum Gasteiger partial charge on any atom is -0.394 e. The smallest absolute Gasteiger partial charge is 0.394 e. The lowest BCUT2D eigenvalue weighted by molar-refractivity contribution is -0.117. The Kier molecular flexibility index (Phi) is 5.09. The largest absolute Gasteiger partial charge is 0.432 e. The number of hydrogen-bond acceptors (Lipinski definition) is 4. The van der Waals surface area contributed by atoms with E-state index in [0.29, 0.717) is 10.7 Å². The van der Waals surface area contributed by atoms with Gasteiger partial charge in [0, 0.05) is 6.20 Å². The lowest BCUT2D eigenvalue weighted by atomic mass is 10.2. The van der Waals surface area contributed by atoms with Crippen molar-refractivity contribution in [2.24, 2.45) is 5.73 Å². The molecular weight excluding hydrogens is 297 g/mol. The Hall–Kier alpha value is -2.09. The number of allylic oxidation sites excluding steroid dienone is 1. The van der Waals surface area contributed by atoms with Gasteiger partial charge in [-0.1, -0.05) is 11.6 Å². The van der Waals surface area contributed by atoms with Gasteiger partial charge in [0.25, 0.3) is 5.91 Å². The van der Waals surface area contributed by atoms with Crippen molar-refractivity contribution in [1.82, 2.24) is 10.3 Å². The van der Waals surface area contributed by atoms with Crippen molar-refractivity contribution in [2.75, 3.05) is 0 Å². The molecule has 20 heavy (non-hydrogen) atoms. The van der Waals surface area contributed by atoms with Gasteiger partial charge >= 0.3 is 6.18 Å². The standard InChI is InChI=1S/C11H10ClF3N4O/c12-6-2-1-3-18-8(6)5-19-10(20)7(16)4-9(17)11(13,14)15/h1-4,17H,5,16H2,(H,19,20)/b7-4-,17-9?. The maximum Gasteiger partial charge on any atom is 0.432 e. The summed E-state index contributed by atoms with van der Waals surface area (Å²) < 4.78 is 36.3. The van der Waals surface area contributed by atoms with Gasteiger partial charge in [0.15, 0.2) is 0 Å². The predicted molar refractivity (Wildman–Crippen MR) is 67.1 cm³/mol. The molecule has 1 rings (SSSR count). The summed E-state index contributed by atoms with van der Waals surface area (Å²) in [6.45, 7) is -0.0909. The van der Waals surface area contributed by atoms with Crippen LogP contribution in [0.1, 0.15) is 5.69 Å². The Bertz CT molecular complexity index is 557. The molecule has 108 valence electrons. The second-order valence-electron chi connectivity index (χ2n) is 3.63. The second-order valence-corrected chi connectivity index (χ2v) is 4.03. The third kappa shape index (κ3) is 4.54. The maximum atomic E-state index is 12.1. The van der Waals surface area contributed by atoms with Crippen LogP contribution >= 0.6 is 11.6 Å². The van der Waals surface area contributed by atoms with E-state index in [1.54, 1.807) is 12.1 Å². The molecular formula is C11H10ClF3N4O. The molecule has 4 N–H and O–H groups in total. The Balaban J connectivity index is 2.66. The van der Waals surface area contributed by atoms with Crippen LogP contribution in [0.15, 0.2) is 30.1 Å². The maximum absolute atomic E-state index is 12.1. The molecule has 0 radical (unpaired) electrons. The fourth-order valence-electron chi connectivity index (χ4n) is 1.12. The van der Waals surface area contributed by atoms with Crippen LogP contribution in [-0.2, 0) is 11.3 Å². The van der Waals surface area contributed by atoms with E-state index in [9.17, 15) is 18.0 Å². The quantitative estimate of drug-likeness (QED) is 0.585. The molecule has 1 amide bonds. The van der Waals surface area contributed by atoms with E-state index < -0.39 is 23.5 Å². The molecule has 0 bridgehead atoms. The molecule has 0 saturated heterocycles. The number of amides is 1. The highest BCUT2D eigenvalue weighted by atomic mass is 35.5. The number of alkyl halides is 3. The Morgan fingerprint density at radius 3 is 2.75 bits per heavy atom. The zero-order valence-electron chi connectivity index (χ0n) is 9.96. The number of nitrogens with one attached hydrogen (secondary N) is 2. The molecule has 0 aliphatic carbocycles. The monoisotopic (exact) mass is 306 g/mol. The third-order valence-corrected chi connectivity index (χ3v) is 2.46. The molecule has 1 aromatic rings. The van der Waals surface area contributed by atoms with Gasteiger partial charge in [-0.15, -0.1) is 0 Å². The van der Waals surface area contributed by atoms with Crippen molar-refractivity contribution in [3.8, 4) is 0 Å². The fraction of sp³-hybridized carbons (Fsp3) is 0.182. The third-order valence-electron chi connectivity index (χ3n) is 2.12. The molecule has 1 heterocycles. The average Bonchev–Trinajstić information content (AvgIpc) is 2.36. The van der Waals surface area contributed by atoms with E-state index in [-0.39, 0.29) is 12.6 Å². The number of carbonyl (C=O) groups is 1. The fourth-order valence-corrected chi connectivity index (χ4v) is 1.31. The van der Waals surface area contributed by atoms with Crippen LogP contribution in [0.3, 0.4) is 0 Å². The van der Waals surface area contributed by atoms with Crippen molar-refractivity contribution in [1.29, 1.82) is 5.41 Å². The number of nitrogens with zero attached hydrogens (tertiary/aromatic N) is 1. The van der Waals surface area contributed by atoms with Crippen LogP contribution in [0.4, 0.5) is 13.2 Å². The number of nitrogens with two attached hydrogens (primary N) is 1. The Morgan fingerprint density at radius 1 is 1.55 bits per heavy atom. The molecule has 5 nitrogen and oxygen atoms in total. The summed E-state index contributed by atoms with van der Waals surface area (Å²) in [7, 11) is 0. The highest BCUT2D eigenvalue weighted by molar-refractivity contribution is 6.31. The van der Waals surface area contributed by atoms with Gasteiger partial charge in [0.1, 0.15) is 5.71 Å². The van der Waals surface area contributed by atoms with Gasteiger partial charge in [0.2, 0.25) is 0 Å². The molecule has 0 fully saturated rings. The zero-order chi connectivity index (χ0) is 15.3. The lowest BCUT2D eigenvalue weighted by Crippen LogP contribution is -2.30. The Morgan fingerprint density at radius 2 is 2.20 bits per heavy atom. The topological polar surface area (TPSA) is 91.9 Å². The SMILES string of the molecule is N=C(/C=C(\N)C(=O)NCc1ncccc1Cl)C(F)(F)F. The van der Waals surface area contributed by atoms with Crippen LogP contribution in [-0.4, -0.2) is 22.8 Å². The van der Waals surface area contributed by atoms with Crippen LogP contribution < -0.4 is 11.1 Å².